The van der Waals surface area contributed by atoms with E-state index in [2.05, 4.69) is 21.2 Å². The first-order valence-corrected chi connectivity index (χ1v) is 10.8. The van der Waals surface area contributed by atoms with Crippen LogP contribution in [0.4, 0.5) is 0 Å². The van der Waals surface area contributed by atoms with E-state index >= 15 is 0 Å². The van der Waals surface area contributed by atoms with Crippen LogP contribution in [0.5, 0.6) is 0 Å². The van der Waals surface area contributed by atoms with Crippen LogP contribution in [-0.4, -0.2) is 48.2 Å². The number of aromatic nitrogens is 1. The van der Waals surface area contributed by atoms with Gasteiger partial charge in [0, 0.05) is 38.1 Å². The number of halogens is 1. The summed E-state index contributed by atoms with van der Waals surface area (Å²) in [6, 6.07) is 4.37. The average molecular weight is 446 g/mol. The number of hydrogen-bond acceptors (Lipinski definition) is 5. The summed E-state index contributed by atoms with van der Waals surface area (Å²) in [5.41, 5.74) is 0.752. The van der Waals surface area contributed by atoms with Crippen molar-refractivity contribution >= 4 is 43.0 Å². The number of benzene rings is 1. The molecule has 1 aromatic heterocycles. The van der Waals surface area contributed by atoms with E-state index in [0.29, 0.717) is 36.8 Å². The normalized spacial score (nSPS) is 18.9. The second-order valence-electron chi connectivity index (χ2n) is 6.24. The number of amides is 1. The Morgan fingerprint density at radius 3 is 2.92 bits per heavy atom. The van der Waals surface area contributed by atoms with Crippen LogP contribution in [0, 0.1) is 5.92 Å². The lowest BCUT2D eigenvalue weighted by Crippen LogP contribution is -2.45. The maximum absolute atomic E-state index is 13.0. The Morgan fingerprint density at radius 2 is 2.19 bits per heavy atom. The van der Waals surface area contributed by atoms with Gasteiger partial charge in [-0.3, -0.25) is 9.36 Å². The zero-order valence-electron chi connectivity index (χ0n) is 14.3. The molecule has 1 unspecified atom stereocenters. The number of aryl methyl sites for hydroxylation is 1. The average Bonchev–Trinajstić information content (AvgIpc) is 2.93. The van der Waals surface area contributed by atoms with Crippen LogP contribution >= 0.6 is 15.9 Å². The lowest BCUT2D eigenvalue weighted by Gasteiger charge is -2.31. The van der Waals surface area contributed by atoms with Gasteiger partial charge >= 0.3 is 5.76 Å². The molecule has 1 atom stereocenters. The summed E-state index contributed by atoms with van der Waals surface area (Å²) in [7, 11) is -2.21. The van der Waals surface area contributed by atoms with E-state index in [9.17, 15) is 18.0 Å². The topological polar surface area (TPSA) is 102 Å². The van der Waals surface area contributed by atoms with Gasteiger partial charge in [0.2, 0.25) is 15.9 Å². The number of fused-ring (bicyclic) bond motifs is 1. The number of carbonyl (C=O) groups excluding carboxylic acids is 1. The molecule has 0 bridgehead atoms. The van der Waals surface area contributed by atoms with Gasteiger partial charge in [-0.2, -0.15) is 4.31 Å². The number of nitrogens with one attached hydrogen (secondary N) is 1. The minimum Gasteiger partial charge on any atom is -0.408 e. The molecule has 1 amide bonds. The van der Waals surface area contributed by atoms with E-state index in [1.165, 1.54) is 21.0 Å². The van der Waals surface area contributed by atoms with Gasteiger partial charge in [0.15, 0.2) is 5.58 Å². The van der Waals surface area contributed by atoms with E-state index in [4.69, 9.17) is 4.42 Å². The molecule has 2 heterocycles. The second-order valence-corrected chi connectivity index (χ2v) is 8.97. The lowest BCUT2D eigenvalue weighted by atomic mass is 9.99. The van der Waals surface area contributed by atoms with Gasteiger partial charge < -0.3 is 9.73 Å². The first kappa shape index (κ1) is 19.1. The van der Waals surface area contributed by atoms with E-state index in [-0.39, 0.29) is 28.8 Å². The largest absolute Gasteiger partial charge is 0.419 e. The smallest absolute Gasteiger partial charge is 0.408 e. The summed E-state index contributed by atoms with van der Waals surface area (Å²) >= 11 is 3.25. The summed E-state index contributed by atoms with van der Waals surface area (Å²) in [5, 5.41) is 3.44. The van der Waals surface area contributed by atoms with Gasteiger partial charge in [-0.05, 0) is 25.0 Å². The van der Waals surface area contributed by atoms with Crippen LogP contribution in [0.25, 0.3) is 11.1 Å². The fourth-order valence-electron chi connectivity index (χ4n) is 3.11. The molecule has 0 saturated carbocycles. The van der Waals surface area contributed by atoms with Gasteiger partial charge in [0.1, 0.15) is 0 Å². The van der Waals surface area contributed by atoms with Crippen molar-refractivity contribution in [3.8, 4) is 0 Å². The van der Waals surface area contributed by atoms with Crippen molar-refractivity contribution in [3.63, 3.8) is 0 Å². The van der Waals surface area contributed by atoms with Crippen molar-refractivity contribution in [2.45, 2.75) is 17.7 Å². The highest BCUT2D eigenvalue weighted by Gasteiger charge is 2.33. The predicted molar refractivity (Wildman–Crippen MR) is 99.7 cm³/mol. The Kier molecular flexibility index (Phi) is 5.54. The third-order valence-corrected chi connectivity index (χ3v) is 6.81. The first-order valence-electron chi connectivity index (χ1n) is 8.28. The number of alkyl halides is 1. The van der Waals surface area contributed by atoms with Gasteiger partial charge in [0.05, 0.1) is 16.3 Å². The SMILES string of the molecule is Cn1c(=O)oc2cc(S(=O)(=O)N3CCCC(C(=O)NCCBr)C3)ccc21. The molecule has 3 rings (SSSR count). The maximum atomic E-state index is 13.0. The molecule has 8 nitrogen and oxygen atoms in total. The number of sulfonamides is 1. The highest BCUT2D eigenvalue weighted by atomic mass is 79.9. The molecular formula is C16H20BrN3O5S. The molecule has 2 aromatic rings. The summed E-state index contributed by atoms with van der Waals surface area (Å²) in [6.07, 6.45) is 1.28. The number of oxazole rings is 1. The van der Waals surface area contributed by atoms with Gasteiger partial charge in [-0.25, -0.2) is 13.2 Å². The molecule has 142 valence electrons. The molecule has 10 heteroatoms. The van der Waals surface area contributed by atoms with Crippen molar-refractivity contribution in [1.29, 1.82) is 0 Å². The van der Waals surface area contributed by atoms with Crippen molar-refractivity contribution in [3.05, 3.63) is 28.7 Å². The summed E-state index contributed by atoms with van der Waals surface area (Å²) < 4.78 is 33.7. The Balaban J connectivity index is 1.85. The van der Waals surface area contributed by atoms with E-state index < -0.39 is 15.8 Å². The Hall–Kier alpha value is -1.65. The van der Waals surface area contributed by atoms with Crippen LogP contribution in [0.15, 0.2) is 32.3 Å². The predicted octanol–water partition coefficient (Wildman–Crippen LogP) is 1.04. The van der Waals surface area contributed by atoms with Crippen LogP contribution in [-0.2, 0) is 21.9 Å². The molecule has 1 aromatic carbocycles. The zero-order valence-corrected chi connectivity index (χ0v) is 16.7. The molecule has 1 aliphatic heterocycles. The minimum atomic E-state index is -3.77. The Morgan fingerprint density at radius 1 is 1.42 bits per heavy atom. The number of piperidine rings is 1. The molecule has 1 fully saturated rings. The molecular weight excluding hydrogens is 426 g/mol. The van der Waals surface area contributed by atoms with Crippen molar-refractivity contribution in [2.75, 3.05) is 25.0 Å². The minimum absolute atomic E-state index is 0.0564. The van der Waals surface area contributed by atoms with Crippen LogP contribution < -0.4 is 11.1 Å². The third-order valence-electron chi connectivity index (χ3n) is 4.55. The van der Waals surface area contributed by atoms with Crippen LogP contribution in [0.3, 0.4) is 0 Å². The zero-order chi connectivity index (χ0) is 18.9. The number of rotatable bonds is 5. The highest BCUT2D eigenvalue weighted by Crippen LogP contribution is 2.26. The Bertz CT molecular complexity index is 981. The molecule has 1 N–H and O–H groups in total. The second kappa shape index (κ2) is 7.53. The van der Waals surface area contributed by atoms with Crippen LogP contribution in [0.2, 0.25) is 0 Å². The quantitative estimate of drug-likeness (QED) is 0.692. The van der Waals surface area contributed by atoms with Crippen LogP contribution in [0.1, 0.15) is 12.8 Å². The molecule has 0 spiro atoms. The number of hydrogen-bond donors (Lipinski definition) is 1. The van der Waals surface area contributed by atoms with E-state index in [1.54, 1.807) is 13.1 Å². The van der Waals surface area contributed by atoms with Gasteiger partial charge in [0.25, 0.3) is 0 Å². The molecule has 26 heavy (non-hydrogen) atoms. The number of nitrogens with zero attached hydrogens (tertiary/aromatic N) is 2. The highest BCUT2D eigenvalue weighted by molar-refractivity contribution is 9.09. The van der Waals surface area contributed by atoms with Crippen molar-refractivity contribution in [2.24, 2.45) is 13.0 Å². The standard InChI is InChI=1S/C16H20BrN3O5S/c1-19-13-5-4-12(9-14(13)25-16(19)22)26(23,24)20-8-2-3-11(10-20)15(21)18-7-6-17/h4-5,9,11H,2-3,6-8,10H2,1H3,(H,18,21). The van der Waals surface area contributed by atoms with Crippen molar-refractivity contribution in [1.82, 2.24) is 14.2 Å². The summed E-state index contributed by atoms with van der Waals surface area (Å²) in [6.45, 7) is 1.01. The molecule has 0 radical (unpaired) electrons. The van der Waals surface area contributed by atoms with Gasteiger partial charge in [-0.1, -0.05) is 15.9 Å². The van der Waals surface area contributed by atoms with E-state index in [1.807, 2.05) is 0 Å². The maximum Gasteiger partial charge on any atom is 0.419 e. The fraction of sp³-hybridized carbons (Fsp3) is 0.500. The molecule has 0 aliphatic carbocycles. The first-order chi connectivity index (χ1) is 12.3. The third kappa shape index (κ3) is 3.58. The monoisotopic (exact) mass is 445 g/mol. The van der Waals surface area contributed by atoms with E-state index in [0.717, 1.165) is 0 Å². The summed E-state index contributed by atoms with van der Waals surface area (Å²) in [5.74, 6) is -1.04. The lowest BCUT2D eigenvalue weighted by molar-refractivity contribution is -0.125. The Labute approximate surface area is 159 Å². The number of carbonyl (C=O) groups is 1. The molecule has 1 aliphatic rings. The van der Waals surface area contributed by atoms with Gasteiger partial charge in [-0.15, -0.1) is 0 Å². The molecule has 1 saturated heterocycles. The summed E-state index contributed by atoms with van der Waals surface area (Å²) in [4.78, 5) is 23.8. The van der Waals surface area contributed by atoms with Crippen molar-refractivity contribution < 1.29 is 17.6 Å². The fourth-order valence-corrected chi connectivity index (χ4v) is 4.85.